The summed E-state index contributed by atoms with van der Waals surface area (Å²) in [7, 11) is 1.24. The Hall–Kier alpha value is -1.10. The summed E-state index contributed by atoms with van der Waals surface area (Å²) in [6.45, 7) is 3.58. The van der Waals surface area contributed by atoms with E-state index in [2.05, 4.69) is 20.7 Å². The van der Waals surface area contributed by atoms with Gasteiger partial charge in [-0.05, 0) is 41.9 Å². The van der Waals surface area contributed by atoms with Crippen molar-refractivity contribution in [3.05, 3.63) is 28.0 Å². The molecule has 1 rings (SSSR count). The summed E-state index contributed by atoms with van der Waals surface area (Å²) in [5.41, 5.74) is 0.142. The molecule has 0 saturated carbocycles. The molecule has 0 aliphatic carbocycles. The lowest BCUT2D eigenvalue weighted by Crippen LogP contribution is -2.09. The van der Waals surface area contributed by atoms with Crippen LogP contribution in [0, 0.1) is 5.82 Å². The average molecular weight is 291 g/mol. The van der Waals surface area contributed by atoms with E-state index in [-0.39, 0.29) is 17.4 Å². The number of ether oxygens (including phenoxy) is 2. The molecule has 1 aromatic carbocycles. The van der Waals surface area contributed by atoms with Gasteiger partial charge in [-0.3, -0.25) is 0 Å². The van der Waals surface area contributed by atoms with Gasteiger partial charge in [-0.15, -0.1) is 0 Å². The zero-order chi connectivity index (χ0) is 12.3. The zero-order valence-corrected chi connectivity index (χ0v) is 10.8. The van der Waals surface area contributed by atoms with E-state index in [1.54, 1.807) is 13.8 Å². The Morgan fingerprint density at radius 1 is 1.44 bits per heavy atom. The van der Waals surface area contributed by atoms with Crippen molar-refractivity contribution in [1.82, 2.24) is 0 Å². The third-order valence-electron chi connectivity index (χ3n) is 1.77. The van der Waals surface area contributed by atoms with Crippen molar-refractivity contribution in [2.24, 2.45) is 0 Å². The second kappa shape index (κ2) is 5.30. The van der Waals surface area contributed by atoms with Gasteiger partial charge in [0.2, 0.25) is 0 Å². The van der Waals surface area contributed by atoms with E-state index in [1.807, 2.05) is 0 Å². The number of rotatable bonds is 3. The maximum absolute atomic E-state index is 13.6. The van der Waals surface area contributed by atoms with Gasteiger partial charge in [-0.1, -0.05) is 0 Å². The van der Waals surface area contributed by atoms with E-state index < -0.39 is 11.8 Å². The molecule has 0 atom stereocenters. The molecular weight excluding hydrogens is 279 g/mol. The third kappa shape index (κ3) is 2.95. The van der Waals surface area contributed by atoms with Gasteiger partial charge in [0, 0.05) is 0 Å². The molecule has 3 nitrogen and oxygen atoms in total. The second-order valence-electron chi connectivity index (χ2n) is 3.43. The number of methoxy groups -OCH3 is 1. The molecule has 88 valence electrons. The van der Waals surface area contributed by atoms with Crippen LogP contribution in [0.5, 0.6) is 5.75 Å². The molecule has 0 N–H and O–H groups in total. The lowest BCUT2D eigenvalue weighted by Gasteiger charge is -2.13. The summed E-state index contributed by atoms with van der Waals surface area (Å²) in [4.78, 5) is 11.2. The minimum Gasteiger partial charge on any atom is -0.487 e. The Balaban J connectivity index is 3.12. The molecule has 0 aliphatic rings. The van der Waals surface area contributed by atoms with Gasteiger partial charge in [0.15, 0.2) is 11.6 Å². The SMILES string of the molecule is COC(=O)c1cc(F)c(OC(C)C)c(Br)c1. The van der Waals surface area contributed by atoms with Gasteiger partial charge >= 0.3 is 5.97 Å². The Morgan fingerprint density at radius 3 is 2.50 bits per heavy atom. The van der Waals surface area contributed by atoms with Gasteiger partial charge < -0.3 is 9.47 Å². The maximum atomic E-state index is 13.6. The van der Waals surface area contributed by atoms with Crippen LogP contribution in [0.1, 0.15) is 24.2 Å². The normalized spacial score (nSPS) is 10.4. The number of halogens is 2. The number of benzene rings is 1. The standard InChI is InChI=1S/C11H12BrFO3/c1-6(2)16-10-8(12)4-7(5-9(10)13)11(14)15-3/h4-6H,1-3H3. The Labute approximate surface area is 102 Å². The summed E-state index contributed by atoms with van der Waals surface area (Å²) in [6, 6.07) is 2.56. The van der Waals surface area contributed by atoms with Crippen LogP contribution in [-0.2, 0) is 4.74 Å². The quantitative estimate of drug-likeness (QED) is 0.802. The molecule has 0 fully saturated rings. The van der Waals surface area contributed by atoms with Crippen molar-refractivity contribution in [3.63, 3.8) is 0 Å². The molecule has 0 spiro atoms. The first-order chi connectivity index (χ1) is 7.45. The molecule has 0 heterocycles. The fraction of sp³-hybridized carbons (Fsp3) is 0.364. The highest BCUT2D eigenvalue weighted by Crippen LogP contribution is 2.30. The monoisotopic (exact) mass is 290 g/mol. The number of hydrogen-bond acceptors (Lipinski definition) is 3. The molecule has 16 heavy (non-hydrogen) atoms. The first kappa shape index (κ1) is 13.0. The van der Waals surface area contributed by atoms with E-state index in [0.29, 0.717) is 4.47 Å². The highest BCUT2D eigenvalue weighted by molar-refractivity contribution is 9.10. The van der Waals surface area contributed by atoms with Gasteiger partial charge in [0.25, 0.3) is 0 Å². The first-order valence-corrected chi connectivity index (χ1v) is 5.49. The van der Waals surface area contributed by atoms with Crippen LogP contribution < -0.4 is 4.74 Å². The third-order valence-corrected chi connectivity index (χ3v) is 2.36. The molecule has 1 aromatic rings. The van der Waals surface area contributed by atoms with Crippen LogP contribution >= 0.6 is 15.9 Å². The van der Waals surface area contributed by atoms with E-state index in [9.17, 15) is 9.18 Å². The van der Waals surface area contributed by atoms with Gasteiger partial charge in [-0.25, -0.2) is 9.18 Å². The van der Waals surface area contributed by atoms with E-state index in [1.165, 1.54) is 13.2 Å². The van der Waals surface area contributed by atoms with Crippen LogP contribution in [0.15, 0.2) is 16.6 Å². The van der Waals surface area contributed by atoms with Crippen LogP contribution in [0.2, 0.25) is 0 Å². The van der Waals surface area contributed by atoms with Crippen LogP contribution in [-0.4, -0.2) is 19.2 Å². The lowest BCUT2D eigenvalue weighted by molar-refractivity contribution is 0.0600. The fourth-order valence-electron chi connectivity index (χ4n) is 1.14. The first-order valence-electron chi connectivity index (χ1n) is 4.69. The summed E-state index contributed by atoms with van der Waals surface area (Å²) in [5, 5.41) is 0. The fourth-order valence-corrected chi connectivity index (χ4v) is 1.67. The summed E-state index contributed by atoms with van der Waals surface area (Å²) in [5.74, 6) is -1.08. The highest BCUT2D eigenvalue weighted by atomic mass is 79.9. The minimum absolute atomic E-state index is 0.0997. The van der Waals surface area contributed by atoms with Crippen molar-refractivity contribution < 1.29 is 18.7 Å². The average Bonchev–Trinajstić information content (AvgIpc) is 2.21. The Kier molecular flexibility index (Phi) is 4.29. The molecule has 0 saturated heterocycles. The summed E-state index contributed by atoms with van der Waals surface area (Å²) < 4.78 is 23.8. The number of esters is 1. The van der Waals surface area contributed by atoms with Crippen LogP contribution in [0.25, 0.3) is 0 Å². The van der Waals surface area contributed by atoms with E-state index in [4.69, 9.17) is 4.74 Å². The molecule has 0 aromatic heterocycles. The highest BCUT2D eigenvalue weighted by Gasteiger charge is 2.15. The van der Waals surface area contributed by atoms with Crippen molar-refractivity contribution in [2.75, 3.05) is 7.11 Å². The molecule has 0 amide bonds. The summed E-state index contributed by atoms with van der Waals surface area (Å²) in [6.07, 6.45) is -0.144. The lowest BCUT2D eigenvalue weighted by atomic mass is 10.2. The van der Waals surface area contributed by atoms with E-state index >= 15 is 0 Å². The van der Waals surface area contributed by atoms with Crippen molar-refractivity contribution in [3.8, 4) is 5.75 Å². The minimum atomic E-state index is -0.594. The number of carbonyl (C=O) groups excluding carboxylic acids is 1. The number of hydrogen-bond donors (Lipinski definition) is 0. The topological polar surface area (TPSA) is 35.5 Å². The van der Waals surface area contributed by atoms with Crippen LogP contribution in [0.4, 0.5) is 4.39 Å². The molecule has 0 radical (unpaired) electrons. The predicted octanol–water partition coefficient (Wildman–Crippen LogP) is 3.16. The molecule has 0 bridgehead atoms. The zero-order valence-electron chi connectivity index (χ0n) is 9.21. The largest absolute Gasteiger partial charge is 0.487 e. The number of carbonyl (C=O) groups is 1. The Bertz CT molecular complexity index is 381. The van der Waals surface area contributed by atoms with E-state index in [0.717, 1.165) is 6.07 Å². The summed E-state index contributed by atoms with van der Waals surface area (Å²) >= 11 is 3.15. The smallest absolute Gasteiger partial charge is 0.337 e. The van der Waals surface area contributed by atoms with Crippen molar-refractivity contribution in [2.45, 2.75) is 20.0 Å². The molecule has 0 unspecified atom stereocenters. The Morgan fingerprint density at radius 2 is 2.06 bits per heavy atom. The second-order valence-corrected chi connectivity index (χ2v) is 4.28. The molecule has 5 heteroatoms. The van der Waals surface area contributed by atoms with Gasteiger partial charge in [0.1, 0.15) is 0 Å². The van der Waals surface area contributed by atoms with Gasteiger partial charge in [-0.2, -0.15) is 0 Å². The van der Waals surface area contributed by atoms with Crippen LogP contribution in [0.3, 0.4) is 0 Å². The van der Waals surface area contributed by atoms with Gasteiger partial charge in [0.05, 0.1) is 23.2 Å². The maximum Gasteiger partial charge on any atom is 0.337 e. The van der Waals surface area contributed by atoms with Crippen molar-refractivity contribution >= 4 is 21.9 Å². The molecule has 0 aliphatic heterocycles. The molecular formula is C11H12BrFO3. The predicted molar refractivity (Wildman–Crippen MR) is 61.2 cm³/mol. The van der Waals surface area contributed by atoms with Crippen molar-refractivity contribution in [1.29, 1.82) is 0 Å².